The summed E-state index contributed by atoms with van der Waals surface area (Å²) in [5, 5.41) is 5.05. The van der Waals surface area contributed by atoms with E-state index >= 15 is 0 Å². The van der Waals surface area contributed by atoms with Gasteiger partial charge >= 0.3 is 0 Å². The summed E-state index contributed by atoms with van der Waals surface area (Å²) < 4.78 is 24.2. The van der Waals surface area contributed by atoms with E-state index in [1.807, 2.05) is 31.3 Å². The summed E-state index contributed by atoms with van der Waals surface area (Å²) in [6, 6.07) is 17.2. The summed E-state index contributed by atoms with van der Waals surface area (Å²) in [4.78, 5) is 1.34. The third kappa shape index (κ3) is 5.39. The van der Waals surface area contributed by atoms with Crippen LogP contribution in [0.4, 0.5) is 0 Å². The lowest BCUT2D eigenvalue weighted by Crippen LogP contribution is -2.34. The Morgan fingerprint density at radius 3 is 2.55 bits per heavy atom. The van der Waals surface area contributed by atoms with Crippen molar-refractivity contribution in [2.75, 3.05) is 20.0 Å². The molecule has 1 aliphatic rings. The van der Waals surface area contributed by atoms with E-state index in [1.54, 1.807) is 0 Å². The predicted octanol–water partition coefficient (Wildman–Crippen LogP) is 5.68. The minimum absolute atomic E-state index is 0.201. The number of hydrogen-bond acceptors (Lipinski definition) is 6. The third-order valence-electron chi connectivity index (χ3n) is 5.65. The lowest BCUT2D eigenvalue weighted by Gasteiger charge is -2.29. The lowest BCUT2D eigenvalue weighted by molar-refractivity contribution is -0.143. The van der Waals surface area contributed by atoms with Crippen molar-refractivity contribution in [3.63, 3.8) is 0 Å². The first-order valence-electron chi connectivity index (χ1n) is 11.0. The van der Waals surface area contributed by atoms with Crippen LogP contribution in [0.1, 0.15) is 43.6 Å². The van der Waals surface area contributed by atoms with Gasteiger partial charge in [-0.05, 0) is 56.0 Å². The van der Waals surface area contributed by atoms with Crippen molar-refractivity contribution in [2.24, 2.45) is 0 Å². The van der Waals surface area contributed by atoms with Gasteiger partial charge in [-0.3, -0.25) is 0 Å². The van der Waals surface area contributed by atoms with Crippen LogP contribution < -0.4 is 14.8 Å². The van der Waals surface area contributed by atoms with Crippen molar-refractivity contribution < 1.29 is 18.9 Å². The van der Waals surface area contributed by atoms with Gasteiger partial charge in [0, 0.05) is 47.7 Å². The molecular weight excluding hydrogens is 410 g/mol. The first-order valence-corrected chi connectivity index (χ1v) is 11.8. The Hall–Kier alpha value is -2.12. The van der Waals surface area contributed by atoms with Crippen LogP contribution in [-0.2, 0) is 16.0 Å². The fourth-order valence-electron chi connectivity index (χ4n) is 4.06. The molecule has 2 heterocycles. The van der Waals surface area contributed by atoms with Gasteiger partial charge in [0.25, 0.3) is 0 Å². The van der Waals surface area contributed by atoms with E-state index in [4.69, 9.17) is 18.9 Å². The van der Waals surface area contributed by atoms with Crippen molar-refractivity contribution in [3.05, 3.63) is 59.0 Å². The Morgan fingerprint density at radius 1 is 1.00 bits per heavy atom. The molecule has 2 aromatic carbocycles. The molecule has 0 amide bonds. The fourth-order valence-corrected chi connectivity index (χ4v) is 5.08. The average Bonchev–Trinajstić information content (AvgIpc) is 3.41. The molecule has 2 unspecified atom stereocenters. The fraction of sp³-hybridized carbons (Fsp3) is 0.440. The van der Waals surface area contributed by atoms with Gasteiger partial charge in [-0.25, -0.2) is 0 Å². The maximum absolute atomic E-state index is 5.88. The predicted molar refractivity (Wildman–Crippen MR) is 125 cm³/mol. The smallest absolute Gasteiger partial charge is 0.231 e. The van der Waals surface area contributed by atoms with Crippen LogP contribution >= 0.6 is 11.3 Å². The maximum atomic E-state index is 5.88. The van der Waals surface area contributed by atoms with E-state index in [-0.39, 0.29) is 25.0 Å². The van der Waals surface area contributed by atoms with Crippen LogP contribution in [-0.4, -0.2) is 32.3 Å². The molecule has 0 bridgehead atoms. The van der Waals surface area contributed by atoms with E-state index < -0.39 is 0 Å². The average molecular weight is 442 g/mol. The van der Waals surface area contributed by atoms with Gasteiger partial charge in [-0.15, -0.1) is 11.3 Å². The first-order chi connectivity index (χ1) is 15.2. The number of rotatable bonds is 11. The minimum Gasteiger partial charge on any atom is -0.454 e. The normalized spacial score (nSPS) is 15.0. The third-order valence-corrected chi connectivity index (χ3v) is 6.77. The molecule has 0 aliphatic carbocycles. The lowest BCUT2D eigenvalue weighted by atomic mass is 9.88. The van der Waals surface area contributed by atoms with Gasteiger partial charge in [0.2, 0.25) is 6.79 Å². The van der Waals surface area contributed by atoms with Crippen molar-refractivity contribution in [3.8, 4) is 11.5 Å². The highest BCUT2D eigenvalue weighted by molar-refractivity contribution is 7.19. The molecule has 1 aliphatic heterocycles. The zero-order valence-corrected chi connectivity index (χ0v) is 19.2. The summed E-state index contributed by atoms with van der Waals surface area (Å²) in [6.07, 6.45) is 0.529. The molecule has 166 valence electrons. The van der Waals surface area contributed by atoms with E-state index in [0.29, 0.717) is 13.2 Å². The number of hydrogen-bond donors (Lipinski definition) is 1. The van der Waals surface area contributed by atoms with Gasteiger partial charge in [-0.2, -0.15) is 0 Å². The highest BCUT2D eigenvalue weighted by atomic mass is 32.1. The quantitative estimate of drug-likeness (QED) is 0.388. The monoisotopic (exact) mass is 441 g/mol. The van der Waals surface area contributed by atoms with Gasteiger partial charge in [0.05, 0.1) is 0 Å². The number of benzene rings is 2. The van der Waals surface area contributed by atoms with E-state index in [2.05, 4.69) is 54.7 Å². The van der Waals surface area contributed by atoms with Crippen LogP contribution in [0.2, 0.25) is 0 Å². The molecule has 2 atom stereocenters. The zero-order valence-electron chi connectivity index (χ0n) is 18.4. The second-order valence-electron chi connectivity index (χ2n) is 7.72. The Kier molecular flexibility index (Phi) is 7.45. The number of nitrogens with one attached hydrogen (secondary N) is 1. The summed E-state index contributed by atoms with van der Waals surface area (Å²) in [6.45, 7) is 8.61. The molecule has 1 aromatic heterocycles. The molecule has 0 spiro atoms. The number of thiophene rings is 1. The second-order valence-corrected chi connectivity index (χ2v) is 8.88. The van der Waals surface area contributed by atoms with Gasteiger partial charge in [0.1, 0.15) is 0 Å². The molecule has 4 rings (SSSR count). The Balaban J connectivity index is 1.51. The Labute approximate surface area is 188 Å². The summed E-state index contributed by atoms with van der Waals surface area (Å²) >= 11 is 1.84. The maximum Gasteiger partial charge on any atom is 0.231 e. The van der Waals surface area contributed by atoms with Crippen LogP contribution in [0.5, 0.6) is 11.5 Å². The van der Waals surface area contributed by atoms with E-state index in [9.17, 15) is 0 Å². The van der Waals surface area contributed by atoms with Crippen molar-refractivity contribution in [1.29, 1.82) is 0 Å². The van der Waals surface area contributed by atoms with E-state index in [1.165, 1.54) is 20.5 Å². The molecule has 0 fully saturated rings. The molecule has 5 nitrogen and oxygen atoms in total. The summed E-state index contributed by atoms with van der Waals surface area (Å²) in [7, 11) is 0. The molecule has 3 aromatic rings. The van der Waals surface area contributed by atoms with Crippen LogP contribution in [0.15, 0.2) is 48.5 Å². The van der Waals surface area contributed by atoms with Crippen molar-refractivity contribution >= 4 is 21.4 Å². The summed E-state index contributed by atoms with van der Waals surface area (Å²) in [5.41, 5.74) is 1.20. The molecule has 31 heavy (non-hydrogen) atoms. The molecule has 0 saturated heterocycles. The number of fused-ring (bicyclic) bond motifs is 2. The largest absolute Gasteiger partial charge is 0.454 e. The van der Waals surface area contributed by atoms with Crippen LogP contribution in [0.3, 0.4) is 0 Å². The summed E-state index contributed by atoms with van der Waals surface area (Å²) in [5.74, 6) is 1.81. The van der Waals surface area contributed by atoms with Crippen molar-refractivity contribution in [1.82, 2.24) is 5.32 Å². The van der Waals surface area contributed by atoms with Gasteiger partial charge in [-0.1, -0.05) is 24.3 Å². The van der Waals surface area contributed by atoms with Gasteiger partial charge < -0.3 is 24.3 Å². The highest BCUT2D eigenvalue weighted by Gasteiger charge is 2.26. The SMILES string of the molecule is CCOC(CC(c1ccc2c(c1)OCO2)C(C)NCc1cc2ccccc2s1)OCC. The van der Waals surface area contributed by atoms with E-state index in [0.717, 1.165) is 24.5 Å². The minimum atomic E-state index is -0.237. The Bertz CT molecular complexity index is 950. The van der Waals surface area contributed by atoms with Crippen molar-refractivity contribution in [2.45, 2.75) is 52.0 Å². The van der Waals surface area contributed by atoms with Gasteiger partial charge in [0.15, 0.2) is 17.8 Å². The molecule has 0 radical (unpaired) electrons. The Morgan fingerprint density at radius 2 is 1.77 bits per heavy atom. The number of ether oxygens (including phenoxy) is 4. The molecule has 1 N–H and O–H groups in total. The van der Waals surface area contributed by atoms with Crippen LogP contribution in [0, 0.1) is 0 Å². The molecule has 0 saturated carbocycles. The highest BCUT2D eigenvalue weighted by Crippen LogP contribution is 2.37. The zero-order chi connectivity index (χ0) is 21.6. The first kappa shape index (κ1) is 22.1. The standard InChI is InChI=1S/C25H31NO4S/c1-4-27-25(28-5-2)14-21(18-10-11-22-23(13-18)30-16-29-22)17(3)26-15-20-12-19-8-6-7-9-24(19)31-20/h6-13,17,21,25-26H,4-5,14-16H2,1-3H3. The molecular formula is C25H31NO4S. The van der Waals surface area contributed by atoms with Crippen LogP contribution in [0.25, 0.3) is 10.1 Å². The topological polar surface area (TPSA) is 49.0 Å². The molecule has 6 heteroatoms. The second kappa shape index (κ2) is 10.5.